The van der Waals surface area contributed by atoms with Crippen molar-refractivity contribution in [2.24, 2.45) is 0 Å². The molecule has 1 unspecified atom stereocenters. The first kappa shape index (κ1) is 14.5. The number of carbonyl (C=O) groups excluding carboxylic acids is 1. The van der Waals surface area contributed by atoms with E-state index in [9.17, 15) is 4.79 Å². The van der Waals surface area contributed by atoms with Crippen molar-refractivity contribution < 1.29 is 4.79 Å². The normalized spacial score (nSPS) is 12.2. The first-order valence-corrected chi connectivity index (χ1v) is 6.98. The van der Waals surface area contributed by atoms with Gasteiger partial charge in [-0.05, 0) is 41.4 Å². The molecule has 1 aromatic carbocycles. The zero-order valence-corrected chi connectivity index (χ0v) is 12.4. The van der Waals surface area contributed by atoms with E-state index in [0.29, 0.717) is 10.6 Å². The summed E-state index contributed by atoms with van der Waals surface area (Å²) in [6.45, 7) is 4.15. The number of benzene rings is 1. The monoisotopic (exact) mass is 317 g/mol. The van der Waals surface area contributed by atoms with Gasteiger partial charge in [0.15, 0.2) is 0 Å². The second-order valence-electron chi connectivity index (χ2n) is 4.12. The predicted octanol–water partition coefficient (Wildman–Crippen LogP) is 4.41. The van der Waals surface area contributed by atoms with E-state index in [0.717, 1.165) is 23.7 Å². The SMILES string of the molecule is CCCCC(C)NC(=O)c1cccc(Br)c1Cl. The number of halogens is 2. The van der Waals surface area contributed by atoms with Gasteiger partial charge in [0, 0.05) is 10.5 Å². The molecule has 0 aliphatic carbocycles. The van der Waals surface area contributed by atoms with Gasteiger partial charge in [-0.3, -0.25) is 4.79 Å². The fourth-order valence-electron chi connectivity index (χ4n) is 1.56. The Morgan fingerprint density at radius 1 is 1.53 bits per heavy atom. The van der Waals surface area contributed by atoms with Crippen LogP contribution in [0.3, 0.4) is 0 Å². The van der Waals surface area contributed by atoms with Crippen molar-refractivity contribution in [2.45, 2.75) is 39.2 Å². The van der Waals surface area contributed by atoms with Gasteiger partial charge in [-0.15, -0.1) is 0 Å². The molecule has 0 fully saturated rings. The third-order valence-electron chi connectivity index (χ3n) is 2.56. The second-order valence-corrected chi connectivity index (χ2v) is 5.35. The number of nitrogens with one attached hydrogen (secondary N) is 1. The smallest absolute Gasteiger partial charge is 0.253 e. The maximum absolute atomic E-state index is 12.0. The van der Waals surface area contributed by atoms with Gasteiger partial charge in [0.25, 0.3) is 5.91 Å². The molecular formula is C13H17BrClNO. The summed E-state index contributed by atoms with van der Waals surface area (Å²) in [6, 6.07) is 5.54. The van der Waals surface area contributed by atoms with Crippen molar-refractivity contribution in [1.82, 2.24) is 5.32 Å². The molecule has 1 N–H and O–H groups in total. The molecule has 94 valence electrons. The number of carbonyl (C=O) groups is 1. The van der Waals surface area contributed by atoms with E-state index < -0.39 is 0 Å². The minimum atomic E-state index is -0.111. The topological polar surface area (TPSA) is 29.1 Å². The van der Waals surface area contributed by atoms with E-state index in [1.165, 1.54) is 0 Å². The molecule has 0 bridgehead atoms. The summed E-state index contributed by atoms with van der Waals surface area (Å²) in [7, 11) is 0. The molecule has 1 aromatic rings. The Labute approximate surface area is 116 Å². The van der Waals surface area contributed by atoms with Gasteiger partial charge >= 0.3 is 0 Å². The van der Waals surface area contributed by atoms with E-state index in [4.69, 9.17) is 11.6 Å². The van der Waals surface area contributed by atoms with Gasteiger partial charge in [-0.1, -0.05) is 37.4 Å². The lowest BCUT2D eigenvalue weighted by molar-refractivity contribution is 0.0938. The number of rotatable bonds is 5. The number of amides is 1. The second kappa shape index (κ2) is 7.02. The van der Waals surface area contributed by atoms with Gasteiger partial charge in [0.2, 0.25) is 0 Å². The quantitative estimate of drug-likeness (QED) is 0.856. The first-order valence-electron chi connectivity index (χ1n) is 5.81. The highest BCUT2D eigenvalue weighted by atomic mass is 79.9. The van der Waals surface area contributed by atoms with Crippen LogP contribution in [0.15, 0.2) is 22.7 Å². The molecule has 0 spiro atoms. The van der Waals surface area contributed by atoms with E-state index in [1.54, 1.807) is 6.07 Å². The summed E-state index contributed by atoms with van der Waals surface area (Å²) in [6.07, 6.45) is 3.25. The molecule has 0 radical (unpaired) electrons. The highest BCUT2D eigenvalue weighted by Gasteiger charge is 2.14. The van der Waals surface area contributed by atoms with Crippen molar-refractivity contribution in [3.05, 3.63) is 33.3 Å². The Hall–Kier alpha value is -0.540. The average molecular weight is 319 g/mol. The van der Waals surface area contributed by atoms with Crippen LogP contribution in [0.4, 0.5) is 0 Å². The lowest BCUT2D eigenvalue weighted by Gasteiger charge is -2.14. The number of unbranched alkanes of at least 4 members (excludes halogenated alkanes) is 1. The van der Waals surface area contributed by atoms with Crippen molar-refractivity contribution in [1.29, 1.82) is 0 Å². The van der Waals surface area contributed by atoms with Crippen molar-refractivity contribution in [3.63, 3.8) is 0 Å². The fraction of sp³-hybridized carbons (Fsp3) is 0.462. The van der Waals surface area contributed by atoms with Gasteiger partial charge < -0.3 is 5.32 Å². The molecule has 0 aliphatic rings. The van der Waals surface area contributed by atoms with Crippen LogP contribution < -0.4 is 5.32 Å². The van der Waals surface area contributed by atoms with Gasteiger partial charge in [-0.2, -0.15) is 0 Å². The molecule has 17 heavy (non-hydrogen) atoms. The lowest BCUT2D eigenvalue weighted by Crippen LogP contribution is -2.32. The van der Waals surface area contributed by atoms with Crippen LogP contribution in [-0.4, -0.2) is 11.9 Å². The van der Waals surface area contributed by atoms with Crippen molar-refractivity contribution in [3.8, 4) is 0 Å². The first-order chi connectivity index (χ1) is 8.06. The molecule has 1 rings (SSSR count). The van der Waals surface area contributed by atoms with Crippen molar-refractivity contribution in [2.75, 3.05) is 0 Å². The number of hydrogen-bond acceptors (Lipinski definition) is 1. The van der Waals surface area contributed by atoms with Crippen LogP contribution in [-0.2, 0) is 0 Å². The molecule has 2 nitrogen and oxygen atoms in total. The lowest BCUT2D eigenvalue weighted by atomic mass is 10.1. The molecule has 0 heterocycles. The maximum Gasteiger partial charge on any atom is 0.253 e. The fourth-order valence-corrected chi connectivity index (χ4v) is 2.14. The molecular weight excluding hydrogens is 302 g/mol. The maximum atomic E-state index is 12.0. The molecule has 0 aliphatic heterocycles. The Balaban J connectivity index is 2.67. The minimum Gasteiger partial charge on any atom is -0.350 e. The van der Waals surface area contributed by atoms with Crippen LogP contribution in [0.25, 0.3) is 0 Å². The van der Waals surface area contributed by atoms with E-state index >= 15 is 0 Å². The molecule has 1 amide bonds. The van der Waals surface area contributed by atoms with E-state index in [1.807, 2.05) is 19.1 Å². The largest absolute Gasteiger partial charge is 0.350 e. The Morgan fingerprint density at radius 3 is 2.88 bits per heavy atom. The van der Waals surface area contributed by atoms with Gasteiger partial charge in [0.1, 0.15) is 0 Å². The molecule has 0 saturated heterocycles. The van der Waals surface area contributed by atoms with Gasteiger partial charge in [-0.25, -0.2) is 0 Å². The summed E-state index contributed by atoms with van der Waals surface area (Å²) in [5.41, 5.74) is 0.518. The molecule has 0 saturated carbocycles. The molecule has 1 atom stereocenters. The Kier molecular flexibility index (Phi) is 6.00. The van der Waals surface area contributed by atoms with E-state index in [2.05, 4.69) is 28.2 Å². The zero-order chi connectivity index (χ0) is 12.8. The van der Waals surface area contributed by atoms with Crippen molar-refractivity contribution >= 4 is 33.4 Å². The summed E-state index contributed by atoms with van der Waals surface area (Å²) < 4.78 is 0.744. The Morgan fingerprint density at radius 2 is 2.24 bits per heavy atom. The average Bonchev–Trinajstić information content (AvgIpc) is 2.29. The third-order valence-corrected chi connectivity index (χ3v) is 3.86. The highest BCUT2D eigenvalue weighted by Crippen LogP contribution is 2.25. The third kappa shape index (κ3) is 4.32. The zero-order valence-electron chi connectivity index (χ0n) is 10.1. The molecule has 0 aromatic heterocycles. The van der Waals surface area contributed by atoms with Gasteiger partial charge in [0.05, 0.1) is 10.6 Å². The van der Waals surface area contributed by atoms with Crippen LogP contribution in [0.1, 0.15) is 43.5 Å². The standard InChI is InChI=1S/C13H17BrClNO/c1-3-4-6-9(2)16-13(17)10-7-5-8-11(14)12(10)15/h5,7-9H,3-4,6H2,1-2H3,(H,16,17). The van der Waals surface area contributed by atoms with Crippen LogP contribution in [0.2, 0.25) is 5.02 Å². The minimum absolute atomic E-state index is 0.111. The van der Waals surface area contributed by atoms with Crippen LogP contribution >= 0.6 is 27.5 Å². The number of hydrogen-bond donors (Lipinski definition) is 1. The summed E-state index contributed by atoms with van der Waals surface area (Å²) in [4.78, 5) is 12.0. The summed E-state index contributed by atoms with van der Waals surface area (Å²) >= 11 is 9.38. The van der Waals surface area contributed by atoms with Crippen LogP contribution in [0, 0.1) is 0 Å². The van der Waals surface area contributed by atoms with Crippen LogP contribution in [0.5, 0.6) is 0 Å². The van der Waals surface area contributed by atoms with E-state index in [-0.39, 0.29) is 11.9 Å². The summed E-state index contributed by atoms with van der Waals surface area (Å²) in [5.74, 6) is -0.111. The molecule has 4 heteroatoms. The highest BCUT2D eigenvalue weighted by molar-refractivity contribution is 9.10. The Bertz CT molecular complexity index is 395. The predicted molar refractivity (Wildman–Crippen MR) is 75.6 cm³/mol. The summed E-state index contributed by atoms with van der Waals surface area (Å²) in [5, 5.41) is 3.42.